The van der Waals surface area contributed by atoms with E-state index in [1.54, 1.807) is 0 Å². The van der Waals surface area contributed by atoms with E-state index in [1.165, 1.54) is 0 Å². The molecule has 0 saturated heterocycles. The van der Waals surface area contributed by atoms with Crippen molar-refractivity contribution < 1.29 is 29.2 Å². The van der Waals surface area contributed by atoms with E-state index < -0.39 is 5.41 Å². The Kier molecular flexibility index (Phi) is 9.00. The smallest absolute Gasteiger partial charge is 0.129 e. The van der Waals surface area contributed by atoms with Gasteiger partial charge in [0.25, 0.3) is 0 Å². The maximum Gasteiger partial charge on any atom is 0.129 e. The fourth-order valence-electron chi connectivity index (χ4n) is 6.80. The molecule has 0 unspecified atom stereocenters. The van der Waals surface area contributed by atoms with Gasteiger partial charge >= 0.3 is 0 Å². The Morgan fingerprint density at radius 3 is 1.30 bits per heavy atom. The number of fused-ring (bicyclic) bond motifs is 3. The molecule has 0 aliphatic heterocycles. The molecule has 6 heteroatoms. The third-order valence-corrected chi connectivity index (χ3v) is 8.50. The van der Waals surface area contributed by atoms with Crippen molar-refractivity contribution in [1.29, 1.82) is 0 Å². The van der Waals surface area contributed by atoms with Crippen LogP contribution >= 0.6 is 0 Å². The number of ether oxygens (including phenoxy) is 4. The first kappa shape index (κ1) is 30.5. The fraction of sp³-hybridized carbons (Fsp3) is 0.351. The van der Waals surface area contributed by atoms with Crippen molar-refractivity contribution in [3.05, 3.63) is 105 Å². The summed E-state index contributed by atoms with van der Waals surface area (Å²) < 4.78 is 25.0. The standard InChI is InChI=1S/C37H42O6/c1-7-40-33-21-31(23(3)35(25(33)5)42-19-17-38)37(29-15-11-9-13-27(29)28-14-10-12-16-30(28)37)32-22-34(41-8-2)26(6)36(24(32)4)43-20-18-39/h9-16,21-22,38-39H,7-8,17-20H2,1-6H3. The van der Waals surface area contributed by atoms with Crippen LogP contribution in [0.15, 0.2) is 60.7 Å². The highest BCUT2D eigenvalue weighted by Gasteiger charge is 2.49. The van der Waals surface area contributed by atoms with Crippen LogP contribution in [0.5, 0.6) is 23.0 Å². The Labute approximate surface area is 254 Å². The van der Waals surface area contributed by atoms with Gasteiger partial charge in [0.2, 0.25) is 0 Å². The number of aliphatic hydroxyl groups is 2. The molecule has 0 atom stereocenters. The first-order chi connectivity index (χ1) is 20.9. The lowest BCUT2D eigenvalue weighted by atomic mass is 9.64. The maximum absolute atomic E-state index is 9.69. The minimum Gasteiger partial charge on any atom is -0.493 e. The maximum atomic E-state index is 9.69. The van der Waals surface area contributed by atoms with Gasteiger partial charge in [0, 0.05) is 11.1 Å². The summed E-state index contributed by atoms with van der Waals surface area (Å²) in [6.45, 7) is 13.3. The molecule has 0 spiro atoms. The molecular weight excluding hydrogens is 540 g/mol. The zero-order valence-electron chi connectivity index (χ0n) is 26.0. The van der Waals surface area contributed by atoms with Crippen LogP contribution in [0.4, 0.5) is 0 Å². The van der Waals surface area contributed by atoms with E-state index in [1.807, 2.05) is 27.7 Å². The van der Waals surface area contributed by atoms with E-state index >= 15 is 0 Å². The van der Waals surface area contributed by atoms with Gasteiger partial charge < -0.3 is 29.2 Å². The molecule has 0 saturated carbocycles. The predicted molar refractivity (Wildman–Crippen MR) is 170 cm³/mol. The Morgan fingerprint density at radius 1 is 0.535 bits per heavy atom. The van der Waals surface area contributed by atoms with Crippen molar-refractivity contribution in [2.75, 3.05) is 39.6 Å². The highest BCUT2D eigenvalue weighted by Crippen LogP contribution is 2.60. The van der Waals surface area contributed by atoms with Crippen molar-refractivity contribution in [1.82, 2.24) is 0 Å². The molecule has 0 bridgehead atoms. The average molecular weight is 583 g/mol. The van der Waals surface area contributed by atoms with E-state index in [4.69, 9.17) is 18.9 Å². The van der Waals surface area contributed by atoms with Gasteiger partial charge in [0.15, 0.2) is 0 Å². The molecule has 0 heterocycles. The lowest BCUT2D eigenvalue weighted by Crippen LogP contribution is -2.31. The van der Waals surface area contributed by atoms with E-state index in [9.17, 15) is 10.2 Å². The molecule has 5 rings (SSSR count). The molecule has 43 heavy (non-hydrogen) atoms. The number of hydrogen-bond donors (Lipinski definition) is 2. The van der Waals surface area contributed by atoms with E-state index in [-0.39, 0.29) is 26.4 Å². The summed E-state index contributed by atoms with van der Waals surface area (Å²) in [5, 5.41) is 19.4. The zero-order valence-corrected chi connectivity index (χ0v) is 26.0. The van der Waals surface area contributed by atoms with Crippen LogP contribution < -0.4 is 18.9 Å². The summed E-state index contributed by atoms with van der Waals surface area (Å²) in [5.41, 5.74) is 9.59. The molecule has 4 aromatic rings. The monoisotopic (exact) mass is 582 g/mol. The molecule has 0 aromatic heterocycles. The van der Waals surface area contributed by atoms with E-state index in [0.29, 0.717) is 24.7 Å². The van der Waals surface area contributed by atoms with Crippen molar-refractivity contribution in [3.8, 4) is 34.1 Å². The lowest BCUT2D eigenvalue weighted by molar-refractivity contribution is 0.198. The number of aliphatic hydroxyl groups excluding tert-OH is 2. The fourth-order valence-corrected chi connectivity index (χ4v) is 6.80. The number of benzene rings is 4. The Morgan fingerprint density at radius 2 is 0.930 bits per heavy atom. The third-order valence-electron chi connectivity index (χ3n) is 8.50. The van der Waals surface area contributed by atoms with Crippen LogP contribution in [-0.4, -0.2) is 49.9 Å². The van der Waals surface area contributed by atoms with Gasteiger partial charge in [-0.05, 0) is 98.2 Å². The molecule has 0 amide bonds. The average Bonchev–Trinajstić information content (AvgIpc) is 3.31. The van der Waals surface area contributed by atoms with Gasteiger partial charge in [0.05, 0.1) is 31.8 Å². The second-order valence-electron chi connectivity index (χ2n) is 10.9. The van der Waals surface area contributed by atoms with Gasteiger partial charge in [-0.3, -0.25) is 0 Å². The van der Waals surface area contributed by atoms with Gasteiger partial charge in [-0.15, -0.1) is 0 Å². The van der Waals surface area contributed by atoms with Gasteiger partial charge in [-0.1, -0.05) is 48.5 Å². The molecule has 0 fully saturated rings. The Balaban J connectivity index is 2.00. The van der Waals surface area contributed by atoms with Gasteiger partial charge in [-0.2, -0.15) is 0 Å². The number of rotatable bonds is 12. The first-order valence-electron chi connectivity index (χ1n) is 15.1. The van der Waals surface area contributed by atoms with Crippen LogP contribution in [0.3, 0.4) is 0 Å². The summed E-state index contributed by atoms with van der Waals surface area (Å²) in [4.78, 5) is 0. The lowest BCUT2D eigenvalue weighted by Gasteiger charge is -2.38. The van der Waals surface area contributed by atoms with E-state index in [2.05, 4.69) is 74.5 Å². The third kappa shape index (κ3) is 4.92. The molecular formula is C37H42O6. The Bertz CT molecular complexity index is 1500. The minimum atomic E-state index is -0.783. The molecule has 226 valence electrons. The SMILES string of the molecule is CCOc1cc(C2(c3cc(OCC)c(C)c(OCCO)c3C)c3ccccc3-c3ccccc32)c(C)c(OCCO)c1C. The van der Waals surface area contributed by atoms with Crippen LogP contribution in [-0.2, 0) is 5.41 Å². The van der Waals surface area contributed by atoms with Crippen LogP contribution in [0.1, 0.15) is 58.4 Å². The summed E-state index contributed by atoms with van der Waals surface area (Å²) in [6, 6.07) is 21.4. The predicted octanol–water partition coefficient (Wildman–Crippen LogP) is 6.82. The van der Waals surface area contributed by atoms with Crippen LogP contribution in [0.2, 0.25) is 0 Å². The molecule has 0 radical (unpaired) electrons. The summed E-state index contributed by atoms with van der Waals surface area (Å²) in [6.07, 6.45) is 0. The molecule has 6 nitrogen and oxygen atoms in total. The van der Waals surface area contributed by atoms with Crippen LogP contribution in [0, 0.1) is 27.7 Å². The molecule has 1 aliphatic carbocycles. The molecule has 4 aromatic carbocycles. The largest absolute Gasteiger partial charge is 0.493 e. The van der Waals surface area contributed by atoms with E-state index in [0.717, 1.165) is 67.1 Å². The van der Waals surface area contributed by atoms with Crippen molar-refractivity contribution >= 4 is 0 Å². The van der Waals surface area contributed by atoms with Crippen molar-refractivity contribution in [2.45, 2.75) is 47.0 Å². The quantitative estimate of drug-likeness (QED) is 0.168. The normalized spacial score (nSPS) is 12.9. The van der Waals surface area contributed by atoms with Gasteiger partial charge in [0.1, 0.15) is 36.2 Å². The number of hydrogen-bond acceptors (Lipinski definition) is 6. The Hall–Kier alpha value is -4.00. The van der Waals surface area contributed by atoms with Crippen LogP contribution in [0.25, 0.3) is 11.1 Å². The summed E-state index contributed by atoms with van der Waals surface area (Å²) >= 11 is 0. The molecule has 1 aliphatic rings. The summed E-state index contributed by atoms with van der Waals surface area (Å²) in [5.74, 6) is 2.90. The molecule has 2 N–H and O–H groups in total. The highest BCUT2D eigenvalue weighted by atomic mass is 16.5. The second-order valence-corrected chi connectivity index (χ2v) is 10.9. The summed E-state index contributed by atoms with van der Waals surface area (Å²) in [7, 11) is 0. The van der Waals surface area contributed by atoms with Crippen molar-refractivity contribution in [3.63, 3.8) is 0 Å². The highest BCUT2D eigenvalue weighted by molar-refractivity contribution is 5.88. The van der Waals surface area contributed by atoms with Gasteiger partial charge in [-0.25, -0.2) is 0 Å². The topological polar surface area (TPSA) is 77.4 Å². The zero-order chi connectivity index (χ0) is 30.7. The minimum absolute atomic E-state index is 0.0930. The second kappa shape index (κ2) is 12.7. The first-order valence-corrected chi connectivity index (χ1v) is 15.1. The van der Waals surface area contributed by atoms with Crippen molar-refractivity contribution in [2.24, 2.45) is 0 Å².